The van der Waals surface area contributed by atoms with Crippen LogP contribution in [0.2, 0.25) is 5.02 Å². The van der Waals surface area contributed by atoms with Gasteiger partial charge in [0.2, 0.25) is 10.0 Å². The van der Waals surface area contributed by atoms with Crippen LogP contribution < -0.4 is 5.32 Å². The van der Waals surface area contributed by atoms with Crippen molar-refractivity contribution in [2.75, 3.05) is 26.7 Å². The molecule has 22 heavy (non-hydrogen) atoms. The van der Waals surface area contributed by atoms with Crippen LogP contribution in [0.4, 0.5) is 13.2 Å². The van der Waals surface area contributed by atoms with Crippen LogP contribution in [0, 0.1) is 5.92 Å². The van der Waals surface area contributed by atoms with Crippen molar-refractivity contribution < 1.29 is 21.6 Å². The first kappa shape index (κ1) is 17.5. The second-order valence-corrected chi connectivity index (χ2v) is 7.62. The standard InChI is InChI=1S/C13H16ClF3N2O2S/c1-18-7-9-2-3-19(8-9)22(20,21)12-5-10(13(15,16)17)4-11(14)6-12/h4-6,9,18H,2-3,7-8H2,1H3. The van der Waals surface area contributed by atoms with Gasteiger partial charge in [-0.3, -0.25) is 0 Å². The van der Waals surface area contributed by atoms with Gasteiger partial charge in [0.25, 0.3) is 0 Å². The zero-order valence-corrected chi connectivity index (χ0v) is 13.4. The molecular formula is C13H16ClF3N2O2S. The highest BCUT2D eigenvalue weighted by molar-refractivity contribution is 7.89. The smallest absolute Gasteiger partial charge is 0.319 e. The van der Waals surface area contributed by atoms with Gasteiger partial charge in [-0.05, 0) is 44.1 Å². The predicted octanol–water partition coefficient (Wildman–Crippen LogP) is 2.59. The number of hydrogen-bond acceptors (Lipinski definition) is 3. The molecule has 1 unspecified atom stereocenters. The Morgan fingerprint density at radius 3 is 2.64 bits per heavy atom. The second kappa shape index (κ2) is 6.35. The van der Waals surface area contributed by atoms with Gasteiger partial charge in [0.1, 0.15) is 0 Å². The van der Waals surface area contributed by atoms with E-state index in [1.807, 2.05) is 0 Å². The molecule has 1 aromatic rings. The van der Waals surface area contributed by atoms with E-state index in [9.17, 15) is 21.6 Å². The first-order valence-electron chi connectivity index (χ1n) is 6.67. The molecule has 4 nitrogen and oxygen atoms in total. The van der Waals surface area contributed by atoms with Crippen molar-refractivity contribution >= 4 is 21.6 Å². The van der Waals surface area contributed by atoms with Gasteiger partial charge >= 0.3 is 6.18 Å². The Kier molecular flexibility index (Phi) is 5.06. The van der Waals surface area contributed by atoms with Gasteiger partial charge in [-0.15, -0.1) is 0 Å². The number of hydrogen-bond donors (Lipinski definition) is 1. The fourth-order valence-corrected chi connectivity index (χ4v) is 4.40. The van der Waals surface area contributed by atoms with Crippen LogP contribution in [0.5, 0.6) is 0 Å². The summed E-state index contributed by atoms with van der Waals surface area (Å²) in [6.07, 6.45) is -3.97. The van der Waals surface area contributed by atoms with E-state index < -0.39 is 26.7 Å². The van der Waals surface area contributed by atoms with E-state index in [4.69, 9.17) is 11.6 Å². The zero-order valence-electron chi connectivity index (χ0n) is 11.8. The number of sulfonamides is 1. The van der Waals surface area contributed by atoms with E-state index >= 15 is 0 Å². The fraction of sp³-hybridized carbons (Fsp3) is 0.538. The lowest BCUT2D eigenvalue weighted by atomic mass is 10.1. The minimum absolute atomic E-state index is 0.154. The van der Waals surface area contributed by atoms with Gasteiger partial charge < -0.3 is 5.32 Å². The molecule has 2 rings (SSSR count). The van der Waals surface area contributed by atoms with Crippen LogP contribution in [0.3, 0.4) is 0 Å². The van der Waals surface area contributed by atoms with Gasteiger partial charge in [0.05, 0.1) is 10.5 Å². The molecule has 0 amide bonds. The van der Waals surface area contributed by atoms with Gasteiger partial charge in [0, 0.05) is 18.1 Å². The second-order valence-electron chi connectivity index (χ2n) is 5.25. The molecule has 9 heteroatoms. The summed E-state index contributed by atoms with van der Waals surface area (Å²) < 4.78 is 64.6. The van der Waals surface area contributed by atoms with Crippen LogP contribution in [-0.4, -0.2) is 39.4 Å². The van der Waals surface area contributed by atoms with Crippen LogP contribution in [0.25, 0.3) is 0 Å². The largest absolute Gasteiger partial charge is 0.416 e. The Hall–Kier alpha value is -0.830. The molecule has 0 spiro atoms. The maximum absolute atomic E-state index is 12.8. The van der Waals surface area contributed by atoms with Crippen molar-refractivity contribution in [2.24, 2.45) is 5.92 Å². The predicted molar refractivity (Wildman–Crippen MR) is 77.2 cm³/mol. The Morgan fingerprint density at radius 2 is 2.05 bits per heavy atom. The molecule has 1 N–H and O–H groups in total. The average Bonchev–Trinajstić information content (AvgIpc) is 2.87. The number of alkyl halides is 3. The van der Waals surface area contributed by atoms with Crippen LogP contribution in [-0.2, 0) is 16.2 Å². The van der Waals surface area contributed by atoms with E-state index in [1.165, 1.54) is 4.31 Å². The monoisotopic (exact) mass is 356 g/mol. The Morgan fingerprint density at radius 1 is 1.36 bits per heavy atom. The maximum Gasteiger partial charge on any atom is 0.416 e. The van der Waals surface area contributed by atoms with E-state index in [1.54, 1.807) is 7.05 Å². The van der Waals surface area contributed by atoms with Crippen molar-refractivity contribution in [3.05, 3.63) is 28.8 Å². The summed E-state index contributed by atoms with van der Waals surface area (Å²) in [5.41, 5.74) is -1.07. The molecule has 124 valence electrons. The zero-order chi connectivity index (χ0) is 16.5. The van der Waals surface area contributed by atoms with Crippen molar-refractivity contribution in [2.45, 2.75) is 17.5 Å². The van der Waals surface area contributed by atoms with Crippen molar-refractivity contribution in [3.63, 3.8) is 0 Å². The van der Waals surface area contributed by atoms with Crippen molar-refractivity contribution in [3.8, 4) is 0 Å². The van der Waals surface area contributed by atoms with Gasteiger partial charge in [-0.1, -0.05) is 11.6 Å². The molecule has 0 bridgehead atoms. The van der Waals surface area contributed by atoms with Crippen LogP contribution in [0.15, 0.2) is 23.1 Å². The third-order valence-corrected chi connectivity index (χ3v) is 5.64. The van der Waals surface area contributed by atoms with Gasteiger partial charge in [-0.25, -0.2) is 8.42 Å². The highest BCUT2D eigenvalue weighted by atomic mass is 35.5. The van der Waals surface area contributed by atoms with E-state index in [0.29, 0.717) is 31.6 Å². The number of halogens is 4. The lowest BCUT2D eigenvalue weighted by molar-refractivity contribution is -0.137. The number of nitrogens with one attached hydrogen (secondary N) is 1. The lowest BCUT2D eigenvalue weighted by Gasteiger charge is -2.18. The Bertz CT molecular complexity index is 649. The Labute approximate surface area is 132 Å². The topological polar surface area (TPSA) is 49.4 Å². The van der Waals surface area contributed by atoms with Crippen molar-refractivity contribution in [1.29, 1.82) is 0 Å². The van der Waals surface area contributed by atoms with Gasteiger partial charge in [0.15, 0.2) is 0 Å². The van der Waals surface area contributed by atoms with Crippen molar-refractivity contribution in [1.82, 2.24) is 9.62 Å². The summed E-state index contributed by atoms with van der Waals surface area (Å²) in [5.74, 6) is 0.154. The normalized spacial score (nSPS) is 20.5. The quantitative estimate of drug-likeness (QED) is 0.902. The van der Waals surface area contributed by atoms with E-state index in [-0.39, 0.29) is 17.5 Å². The highest BCUT2D eigenvalue weighted by Gasteiger charge is 2.36. The molecule has 0 aromatic heterocycles. The lowest BCUT2D eigenvalue weighted by Crippen LogP contribution is -2.30. The van der Waals surface area contributed by atoms with E-state index in [0.717, 1.165) is 6.07 Å². The van der Waals surface area contributed by atoms with Crippen LogP contribution in [0.1, 0.15) is 12.0 Å². The number of benzene rings is 1. The summed E-state index contributed by atoms with van der Waals surface area (Å²) in [5, 5.41) is 2.72. The molecule has 1 fully saturated rings. The number of nitrogens with zero attached hydrogens (tertiary/aromatic N) is 1. The third kappa shape index (κ3) is 3.73. The fourth-order valence-electron chi connectivity index (χ4n) is 2.50. The Balaban J connectivity index is 2.32. The minimum Gasteiger partial charge on any atom is -0.319 e. The minimum atomic E-state index is -4.64. The maximum atomic E-state index is 12.8. The summed E-state index contributed by atoms with van der Waals surface area (Å²) in [6, 6.07) is 2.40. The molecule has 0 aliphatic carbocycles. The molecule has 1 aliphatic heterocycles. The molecule has 1 heterocycles. The summed E-state index contributed by atoms with van der Waals surface area (Å²) >= 11 is 5.65. The SMILES string of the molecule is CNCC1CCN(S(=O)(=O)c2cc(Cl)cc(C(F)(F)F)c2)C1. The summed E-state index contributed by atoms with van der Waals surface area (Å²) in [7, 11) is -2.21. The van der Waals surface area contributed by atoms with Gasteiger partial charge in [-0.2, -0.15) is 17.5 Å². The summed E-state index contributed by atoms with van der Waals surface area (Å²) in [4.78, 5) is -0.419. The van der Waals surface area contributed by atoms with E-state index in [2.05, 4.69) is 5.32 Å². The third-order valence-electron chi connectivity index (χ3n) is 3.58. The molecule has 0 saturated carbocycles. The summed E-state index contributed by atoms with van der Waals surface area (Å²) in [6.45, 7) is 1.24. The first-order chi connectivity index (χ1) is 10.1. The van der Waals surface area contributed by atoms with Crippen LogP contribution >= 0.6 is 11.6 Å². The first-order valence-corrected chi connectivity index (χ1v) is 8.49. The molecule has 1 saturated heterocycles. The highest BCUT2D eigenvalue weighted by Crippen LogP contribution is 2.34. The average molecular weight is 357 g/mol. The molecule has 1 atom stereocenters. The number of rotatable bonds is 4. The molecule has 1 aliphatic rings. The molecular weight excluding hydrogens is 341 g/mol. The molecule has 0 radical (unpaired) electrons. The molecule has 1 aromatic carbocycles.